The molecule has 0 N–H and O–H groups in total. The van der Waals surface area contributed by atoms with E-state index in [1.165, 1.54) is 16.4 Å². The summed E-state index contributed by atoms with van der Waals surface area (Å²) in [5, 5.41) is 0. The Morgan fingerprint density at radius 2 is 1.54 bits per heavy atom. The molecule has 1 aliphatic heterocycles. The molecule has 0 bridgehead atoms. The molecule has 24 heavy (non-hydrogen) atoms. The highest BCUT2D eigenvalue weighted by atomic mass is 32.2. The van der Waals surface area contributed by atoms with E-state index in [9.17, 15) is 17.6 Å². The lowest BCUT2D eigenvalue weighted by Crippen LogP contribution is -2.40. The minimum absolute atomic E-state index is 0.0643. The Balaban J connectivity index is 1.68. The zero-order valence-corrected chi connectivity index (χ0v) is 13.9. The summed E-state index contributed by atoms with van der Waals surface area (Å²) < 4.78 is 39.5. The van der Waals surface area contributed by atoms with Crippen molar-refractivity contribution in [3.8, 4) is 0 Å². The van der Waals surface area contributed by atoms with E-state index in [1.54, 1.807) is 12.1 Å². The van der Waals surface area contributed by atoms with E-state index in [1.807, 2.05) is 18.2 Å². The van der Waals surface area contributed by atoms with Gasteiger partial charge in [-0.25, -0.2) is 12.8 Å². The standard InChI is InChI=1S/C18H18FNO3S/c19-16-6-8-17(9-7-16)24(22,23)20-12-10-15(11-13-20)18(21)14-4-2-1-3-5-14/h1-9,15H,10-13H2. The van der Waals surface area contributed by atoms with Gasteiger partial charge in [0.05, 0.1) is 4.90 Å². The average Bonchev–Trinajstić information content (AvgIpc) is 2.62. The number of sulfonamides is 1. The van der Waals surface area contributed by atoms with Gasteiger partial charge in [-0.1, -0.05) is 30.3 Å². The van der Waals surface area contributed by atoms with Crippen LogP contribution >= 0.6 is 0 Å². The van der Waals surface area contributed by atoms with Crippen LogP contribution < -0.4 is 0 Å². The number of ketones is 1. The van der Waals surface area contributed by atoms with Crippen LogP contribution in [0.3, 0.4) is 0 Å². The predicted molar refractivity (Wildman–Crippen MR) is 88.7 cm³/mol. The Bertz CT molecular complexity index is 811. The minimum atomic E-state index is -3.64. The molecule has 1 aliphatic rings. The van der Waals surface area contributed by atoms with Gasteiger partial charge in [-0.05, 0) is 37.1 Å². The molecule has 2 aromatic carbocycles. The van der Waals surface area contributed by atoms with Crippen molar-refractivity contribution in [2.45, 2.75) is 17.7 Å². The second-order valence-electron chi connectivity index (χ2n) is 5.86. The summed E-state index contributed by atoms with van der Waals surface area (Å²) in [6.07, 6.45) is 0.988. The topological polar surface area (TPSA) is 54.5 Å². The fourth-order valence-corrected chi connectivity index (χ4v) is 4.42. The minimum Gasteiger partial charge on any atom is -0.294 e. The first-order chi connectivity index (χ1) is 11.5. The first-order valence-electron chi connectivity index (χ1n) is 7.83. The summed E-state index contributed by atoms with van der Waals surface area (Å²) >= 11 is 0. The van der Waals surface area contributed by atoms with Gasteiger partial charge in [0, 0.05) is 24.6 Å². The molecule has 0 spiro atoms. The van der Waals surface area contributed by atoms with E-state index in [4.69, 9.17) is 0 Å². The Morgan fingerprint density at radius 1 is 0.958 bits per heavy atom. The number of hydrogen-bond acceptors (Lipinski definition) is 3. The van der Waals surface area contributed by atoms with Gasteiger partial charge in [0.15, 0.2) is 5.78 Å². The van der Waals surface area contributed by atoms with Crippen molar-refractivity contribution in [1.82, 2.24) is 4.31 Å². The number of Topliss-reactive ketones (excluding diaryl/α,β-unsaturated/α-hetero) is 1. The molecule has 0 unspecified atom stereocenters. The first-order valence-corrected chi connectivity index (χ1v) is 9.27. The molecule has 3 rings (SSSR count). The van der Waals surface area contributed by atoms with E-state index in [0.717, 1.165) is 12.1 Å². The van der Waals surface area contributed by atoms with Crippen LogP contribution in [-0.4, -0.2) is 31.6 Å². The maximum atomic E-state index is 13.0. The number of carbonyl (C=O) groups excluding carboxylic acids is 1. The quantitative estimate of drug-likeness (QED) is 0.799. The molecule has 126 valence electrons. The van der Waals surface area contributed by atoms with Gasteiger partial charge in [0.25, 0.3) is 0 Å². The Labute approximate surface area is 141 Å². The van der Waals surface area contributed by atoms with E-state index < -0.39 is 15.8 Å². The largest absolute Gasteiger partial charge is 0.294 e. The highest BCUT2D eigenvalue weighted by molar-refractivity contribution is 7.89. The maximum absolute atomic E-state index is 13.0. The summed E-state index contributed by atoms with van der Waals surface area (Å²) in [5.41, 5.74) is 0.664. The number of carbonyl (C=O) groups is 1. The van der Waals surface area contributed by atoms with Crippen LogP contribution in [0.4, 0.5) is 4.39 Å². The molecule has 1 saturated heterocycles. The van der Waals surface area contributed by atoms with Crippen molar-refractivity contribution in [2.24, 2.45) is 5.92 Å². The lowest BCUT2D eigenvalue weighted by atomic mass is 9.90. The molecular weight excluding hydrogens is 329 g/mol. The fourth-order valence-electron chi connectivity index (χ4n) is 2.95. The third-order valence-electron chi connectivity index (χ3n) is 4.33. The summed E-state index contributed by atoms with van der Waals surface area (Å²) in [7, 11) is -3.64. The highest BCUT2D eigenvalue weighted by Gasteiger charge is 2.32. The van der Waals surface area contributed by atoms with Gasteiger partial charge in [-0.3, -0.25) is 4.79 Å². The highest BCUT2D eigenvalue weighted by Crippen LogP contribution is 2.26. The lowest BCUT2D eigenvalue weighted by Gasteiger charge is -2.30. The molecule has 1 fully saturated rings. The number of hydrogen-bond donors (Lipinski definition) is 0. The van der Waals surface area contributed by atoms with E-state index in [0.29, 0.717) is 31.5 Å². The van der Waals surface area contributed by atoms with Crippen LogP contribution in [0.15, 0.2) is 59.5 Å². The van der Waals surface area contributed by atoms with Gasteiger partial charge >= 0.3 is 0 Å². The molecule has 0 radical (unpaired) electrons. The predicted octanol–water partition coefficient (Wildman–Crippen LogP) is 3.11. The van der Waals surface area contributed by atoms with Crippen molar-refractivity contribution in [3.05, 3.63) is 66.0 Å². The molecule has 0 aromatic heterocycles. The third kappa shape index (κ3) is 3.39. The number of piperidine rings is 1. The Hall–Kier alpha value is -2.05. The summed E-state index contributed by atoms with van der Waals surface area (Å²) in [6, 6.07) is 13.9. The second kappa shape index (κ2) is 6.83. The number of nitrogens with zero attached hydrogens (tertiary/aromatic N) is 1. The Kier molecular flexibility index (Phi) is 4.78. The van der Waals surface area contributed by atoms with Gasteiger partial charge in [0.2, 0.25) is 10.0 Å². The second-order valence-corrected chi connectivity index (χ2v) is 7.80. The van der Waals surface area contributed by atoms with Gasteiger partial charge in [-0.2, -0.15) is 4.31 Å². The lowest BCUT2D eigenvalue weighted by molar-refractivity contribution is 0.0875. The monoisotopic (exact) mass is 347 g/mol. The van der Waals surface area contributed by atoms with Crippen LogP contribution in [-0.2, 0) is 10.0 Å². The fraction of sp³-hybridized carbons (Fsp3) is 0.278. The van der Waals surface area contributed by atoms with E-state index in [2.05, 4.69) is 0 Å². The summed E-state index contributed by atoms with van der Waals surface area (Å²) in [4.78, 5) is 12.5. The number of benzene rings is 2. The molecule has 4 nitrogen and oxygen atoms in total. The van der Waals surface area contributed by atoms with E-state index >= 15 is 0 Å². The average molecular weight is 347 g/mol. The van der Waals surface area contributed by atoms with Gasteiger partial charge in [-0.15, -0.1) is 0 Å². The van der Waals surface area contributed by atoms with Gasteiger partial charge in [0.1, 0.15) is 5.82 Å². The normalized spacial score (nSPS) is 16.9. The zero-order chi connectivity index (χ0) is 17.2. The van der Waals surface area contributed by atoms with Crippen molar-refractivity contribution in [1.29, 1.82) is 0 Å². The number of rotatable bonds is 4. The van der Waals surface area contributed by atoms with Crippen LogP contribution in [0.25, 0.3) is 0 Å². The molecule has 0 aliphatic carbocycles. The molecular formula is C18H18FNO3S. The summed E-state index contributed by atoms with van der Waals surface area (Å²) in [6.45, 7) is 0.589. The first kappa shape index (κ1) is 16.8. The molecule has 6 heteroatoms. The molecule has 0 amide bonds. The smallest absolute Gasteiger partial charge is 0.243 e. The number of halogens is 1. The molecule has 2 aromatic rings. The van der Waals surface area contributed by atoms with Crippen LogP contribution in [0, 0.1) is 11.7 Å². The maximum Gasteiger partial charge on any atom is 0.243 e. The van der Waals surface area contributed by atoms with Crippen LogP contribution in [0.5, 0.6) is 0 Å². The third-order valence-corrected chi connectivity index (χ3v) is 6.25. The summed E-state index contributed by atoms with van der Waals surface area (Å²) in [5.74, 6) is -0.567. The van der Waals surface area contributed by atoms with Crippen molar-refractivity contribution < 1.29 is 17.6 Å². The molecule has 1 heterocycles. The van der Waals surface area contributed by atoms with Gasteiger partial charge < -0.3 is 0 Å². The zero-order valence-electron chi connectivity index (χ0n) is 13.1. The van der Waals surface area contributed by atoms with Crippen LogP contribution in [0.2, 0.25) is 0 Å². The molecule has 0 atom stereocenters. The Morgan fingerprint density at radius 3 is 2.12 bits per heavy atom. The van der Waals surface area contributed by atoms with Crippen molar-refractivity contribution in [2.75, 3.05) is 13.1 Å². The van der Waals surface area contributed by atoms with Crippen molar-refractivity contribution in [3.63, 3.8) is 0 Å². The molecule has 0 saturated carbocycles. The van der Waals surface area contributed by atoms with Crippen LogP contribution in [0.1, 0.15) is 23.2 Å². The van der Waals surface area contributed by atoms with Crippen molar-refractivity contribution >= 4 is 15.8 Å². The van der Waals surface area contributed by atoms with E-state index in [-0.39, 0.29) is 16.6 Å². The SMILES string of the molecule is O=C(c1ccccc1)C1CCN(S(=O)(=O)c2ccc(F)cc2)CC1.